The highest BCUT2D eigenvalue weighted by molar-refractivity contribution is 7.92. The van der Waals surface area contributed by atoms with Crippen molar-refractivity contribution in [2.75, 3.05) is 28.4 Å². The first-order valence-corrected chi connectivity index (χ1v) is 14.4. The molecule has 0 spiro atoms. The molecular formula is C27H24ClF3N6O3S. The number of carbonyl (C=O) groups is 1. The Morgan fingerprint density at radius 3 is 2.66 bits per heavy atom. The number of rotatable bonds is 7. The van der Waals surface area contributed by atoms with Crippen LogP contribution < -0.4 is 20.7 Å². The predicted molar refractivity (Wildman–Crippen MR) is 150 cm³/mol. The molecule has 0 radical (unpaired) electrons. The Labute approximate surface area is 238 Å². The van der Waals surface area contributed by atoms with Gasteiger partial charge in [0.2, 0.25) is 0 Å². The summed E-state index contributed by atoms with van der Waals surface area (Å²) in [5, 5.41) is 9.47. The summed E-state index contributed by atoms with van der Waals surface area (Å²) < 4.78 is 70.5. The average molecular weight is 605 g/mol. The normalized spacial score (nSPS) is 15.5. The van der Waals surface area contributed by atoms with E-state index in [9.17, 15) is 22.0 Å². The molecule has 0 unspecified atom stereocenters. The highest BCUT2D eigenvalue weighted by atomic mass is 35.5. The zero-order valence-corrected chi connectivity index (χ0v) is 23.1. The number of fused-ring (bicyclic) bond motifs is 1. The largest absolute Gasteiger partial charge is 0.365 e. The Morgan fingerprint density at radius 1 is 1.10 bits per heavy atom. The van der Waals surface area contributed by atoms with Gasteiger partial charge in [-0.25, -0.2) is 31.6 Å². The summed E-state index contributed by atoms with van der Waals surface area (Å²) in [6, 6.07) is 7.54. The van der Waals surface area contributed by atoms with Gasteiger partial charge in [-0.05, 0) is 74.3 Å². The van der Waals surface area contributed by atoms with Crippen LogP contribution in [0.4, 0.5) is 30.4 Å². The second-order valence-corrected chi connectivity index (χ2v) is 11.6. The molecule has 1 amide bonds. The lowest BCUT2D eigenvalue weighted by Crippen LogP contribution is -2.38. The van der Waals surface area contributed by atoms with Gasteiger partial charge in [-0.15, -0.1) is 0 Å². The zero-order chi connectivity index (χ0) is 29.3. The molecule has 214 valence electrons. The molecule has 0 saturated carbocycles. The van der Waals surface area contributed by atoms with Crippen molar-refractivity contribution in [2.45, 2.75) is 30.7 Å². The van der Waals surface area contributed by atoms with Crippen LogP contribution in [0, 0.1) is 24.4 Å². The molecular weight excluding hydrogens is 581 g/mol. The fraction of sp³-hybridized carbons (Fsp3) is 0.222. The minimum Gasteiger partial charge on any atom is -0.365 e. The van der Waals surface area contributed by atoms with Gasteiger partial charge >= 0.3 is 0 Å². The van der Waals surface area contributed by atoms with E-state index in [0.717, 1.165) is 44.1 Å². The third kappa shape index (κ3) is 6.06. The highest BCUT2D eigenvalue weighted by Gasteiger charge is 2.25. The molecule has 0 aliphatic carbocycles. The fourth-order valence-electron chi connectivity index (χ4n) is 4.58. The van der Waals surface area contributed by atoms with Crippen molar-refractivity contribution in [1.82, 2.24) is 15.3 Å². The summed E-state index contributed by atoms with van der Waals surface area (Å²) in [5.74, 6) is -3.68. The Balaban J connectivity index is 1.46. The molecule has 4 aromatic rings. The van der Waals surface area contributed by atoms with Crippen LogP contribution in [0.15, 0.2) is 53.7 Å². The molecule has 1 aliphatic rings. The molecule has 1 aliphatic heterocycles. The van der Waals surface area contributed by atoms with Crippen molar-refractivity contribution >= 4 is 55.6 Å². The van der Waals surface area contributed by atoms with E-state index < -0.39 is 49.7 Å². The van der Waals surface area contributed by atoms with Crippen LogP contribution in [0.25, 0.3) is 10.9 Å². The lowest BCUT2D eigenvalue weighted by atomic mass is 10.0. The smallest absolute Gasteiger partial charge is 0.265 e. The summed E-state index contributed by atoms with van der Waals surface area (Å²) in [6.07, 6.45) is 3.27. The number of nitrogens with one attached hydrogen (secondary N) is 4. The van der Waals surface area contributed by atoms with Crippen LogP contribution >= 0.6 is 11.6 Å². The summed E-state index contributed by atoms with van der Waals surface area (Å²) in [4.78, 5) is 21.1. The number of aryl methyl sites for hydroxylation is 1. The topological polar surface area (TPSA) is 125 Å². The van der Waals surface area contributed by atoms with Gasteiger partial charge < -0.3 is 16.0 Å². The van der Waals surface area contributed by atoms with E-state index in [4.69, 9.17) is 11.6 Å². The summed E-state index contributed by atoms with van der Waals surface area (Å²) >= 11 is 6.17. The molecule has 1 fully saturated rings. The second-order valence-electron chi connectivity index (χ2n) is 9.54. The summed E-state index contributed by atoms with van der Waals surface area (Å²) in [7, 11) is -4.74. The van der Waals surface area contributed by atoms with Crippen LogP contribution in [0.2, 0.25) is 5.02 Å². The number of anilines is 3. The van der Waals surface area contributed by atoms with Crippen LogP contribution in [-0.2, 0) is 10.0 Å². The maximum absolute atomic E-state index is 15.5. The number of sulfonamides is 1. The van der Waals surface area contributed by atoms with Gasteiger partial charge in [-0.3, -0.25) is 9.52 Å². The SMILES string of the molecule is Cc1cc(C(=O)Nc2c(Cl)ccc(NS(=O)(=O)c3cc(F)ccc3F)c2F)c2ncnc(N[C@H]3CCCNC3)c2c1. The van der Waals surface area contributed by atoms with Gasteiger partial charge in [0.25, 0.3) is 15.9 Å². The number of aromatic nitrogens is 2. The molecule has 3 aromatic carbocycles. The number of piperidine rings is 1. The maximum Gasteiger partial charge on any atom is 0.265 e. The fourth-order valence-corrected chi connectivity index (χ4v) is 5.92. The van der Waals surface area contributed by atoms with E-state index in [2.05, 4.69) is 25.9 Å². The molecule has 4 N–H and O–H groups in total. The van der Waals surface area contributed by atoms with E-state index in [1.807, 2.05) is 10.8 Å². The van der Waals surface area contributed by atoms with E-state index in [-0.39, 0.29) is 16.6 Å². The Morgan fingerprint density at radius 2 is 1.90 bits per heavy atom. The monoisotopic (exact) mass is 604 g/mol. The van der Waals surface area contributed by atoms with E-state index in [0.29, 0.717) is 34.4 Å². The predicted octanol–water partition coefficient (Wildman–Crippen LogP) is 5.23. The number of amides is 1. The molecule has 14 heteroatoms. The van der Waals surface area contributed by atoms with Crippen LogP contribution in [0.1, 0.15) is 28.8 Å². The van der Waals surface area contributed by atoms with Crippen molar-refractivity contribution in [2.24, 2.45) is 0 Å². The Bertz CT molecular complexity index is 1770. The minimum absolute atomic E-state index is 0.107. The van der Waals surface area contributed by atoms with Crippen LogP contribution in [0.3, 0.4) is 0 Å². The van der Waals surface area contributed by atoms with Crippen molar-refractivity contribution < 1.29 is 26.4 Å². The molecule has 9 nitrogen and oxygen atoms in total. The van der Waals surface area contributed by atoms with Gasteiger partial charge in [0.05, 0.1) is 27.5 Å². The molecule has 0 bridgehead atoms. The third-order valence-electron chi connectivity index (χ3n) is 6.52. The maximum atomic E-state index is 15.5. The first-order chi connectivity index (χ1) is 19.5. The molecule has 1 atom stereocenters. The molecule has 1 saturated heterocycles. The van der Waals surface area contributed by atoms with Crippen molar-refractivity contribution in [3.05, 3.63) is 82.4 Å². The minimum atomic E-state index is -4.74. The van der Waals surface area contributed by atoms with Crippen LogP contribution in [0.5, 0.6) is 0 Å². The highest BCUT2D eigenvalue weighted by Crippen LogP contribution is 2.33. The second kappa shape index (κ2) is 11.5. The molecule has 41 heavy (non-hydrogen) atoms. The quantitative estimate of drug-likeness (QED) is 0.228. The average Bonchev–Trinajstić information content (AvgIpc) is 2.94. The number of nitrogens with zero attached hydrogens (tertiary/aromatic N) is 2. The number of carbonyl (C=O) groups excluding carboxylic acids is 1. The van der Waals surface area contributed by atoms with E-state index in [1.54, 1.807) is 13.0 Å². The van der Waals surface area contributed by atoms with Gasteiger partial charge in [-0.2, -0.15) is 0 Å². The molecule has 5 rings (SSSR count). The standard InChI is InChI=1S/C27H24ClF3N6O3S/c1-14-9-17-24(33-13-34-26(17)35-16-3-2-8-32-12-16)18(10-14)27(38)36-25-19(28)5-7-21(23(25)31)37-41(39,40)22-11-15(29)4-6-20(22)30/h4-7,9-11,13,16,32,37H,2-3,8,12H2,1H3,(H,36,38)(H,33,34,35)/t16-/m0/s1. The van der Waals surface area contributed by atoms with Crippen molar-refractivity contribution in [3.8, 4) is 0 Å². The molecule has 2 heterocycles. The van der Waals surface area contributed by atoms with Crippen LogP contribution in [-0.4, -0.2) is 43.4 Å². The lowest BCUT2D eigenvalue weighted by Gasteiger charge is -2.25. The van der Waals surface area contributed by atoms with Gasteiger partial charge in [0, 0.05) is 18.0 Å². The number of halogens is 4. The first-order valence-electron chi connectivity index (χ1n) is 12.5. The van der Waals surface area contributed by atoms with Crippen molar-refractivity contribution in [3.63, 3.8) is 0 Å². The Kier molecular flexibility index (Phi) is 8.02. The van der Waals surface area contributed by atoms with Gasteiger partial charge in [-0.1, -0.05) is 11.6 Å². The summed E-state index contributed by atoms with van der Waals surface area (Å²) in [6.45, 7) is 3.48. The third-order valence-corrected chi connectivity index (χ3v) is 8.22. The van der Waals surface area contributed by atoms with E-state index >= 15 is 4.39 Å². The van der Waals surface area contributed by atoms with Crippen molar-refractivity contribution in [1.29, 1.82) is 0 Å². The number of benzene rings is 3. The van der Waals surface area contributed by atoms with E-state index in [1.165, 1.54) is 6.33 Å². The number of hydrogen-bond donors (Lipinski definition) is 4. The number of hydrogen-bond acceptors (Lipinski definition) is 7. The Hall–Kier alpha value is -3.94. The summed E-state index contributed by atoms with van der Waals surface area (Å²) in [5.41, 5.74) is -0.0309. The lowest BCUT2D eigenvalue weighted by molar-refractivity contribution is 0.102. The van der Waals surface area contributed by atoms with Gasteiger partial charge in [0.1, 0.15) is 28.7 Å². The first kappa shape index (κ1) is 28.6. The molecule has 1 aromatic heterocycles. The zero-order valence-electron chi connectivity index (χ0n) is 21.6. The van der Waals surface area contributed by atoms with Gasteiger partial charge in [0.15, 0.2) is 5.82 Å².